The van der Waals surface area contributed by atoms with Crippen LogP contribution in [0.15, 0.2) is 73.2 Å². The van der Waals surface area contributed by atoms with Gasteiger partial charge in [-0.15, -0.1) is 0 Å². The predicted molar refractivity (Wildman–Crippen MR) is 187 cm³/mol. The summed E-state index contributed by atoms with van der Waals surface area (Å²) in [5.74, 6) is -1.53. The van der Waals surface area contributed by atoms with Crippen molar-refractivity contribution >= 4 is 24.0 Å². The molecule has 50 heavy (non-hydrogen) atoms. The summed E-state index contributed by atoms with van der Waals surface area (Å²) >= 11 is 0. The minimum absolute atomic E-state index is 0.113. The highest BCUT2D eigenvalue weighted by molar-refractivity contribution is 5.86. The van der Waals surface area contributed by atoms with Gasteiger partial charge in [-0.3, -0.25) is 25.0 Å². The van der Waals surface area contributed by atoms with Gasteiger partial charge in [0.15, 0.2) is 0 Å². The second-order valence-corrected chi connectivity index (χ2v) is 12.4. The molecule has 5 atom stereocenters. The molecule has 0 aliphatic rings. The van der Waals surface area contributed by atoms with Gasteiger partial charge >= 0.3 is 12.2 Å². The Morgan fingerprint density at radius 3 is 2.02 bits per heavy atom. The molecule has 0 fully saturated rings. The summed E-state index contributed by atoms with van der Waals surface area (Å²) in [4.78, 5) is 59.9. The number of alkyl carbamates (subject to hydrolysis) is 2. The van der Waals surface area contributed by atoms with Crippen molar-refractivity contribution in [3.63, 3.8) is 0 Å². The van der Waals surface area contributed by atoms with E-state index in [1.54, 1.807) is 37.4 Å². The summed E-state index contributed by atoms with van der Waals surface area (Å²) in [6.45, 7) is 7.36. The number of aliphatic hydroxyl groups is 1. The van der Waals surface area contributed by atoms with Gasteiger partial charge in [0.05, 0.1) is 38.3 Å². The summed E-state index contributed by atoms with van der Waals surface area (Å²) < 4.78 is 9.48. The number of ether oxygens (including phenoxy) is 2. The molecule has 0 bridgehead atoms. The molecule has 3 rings (SSSR count). The second kappa shape index (κ2) is 19.8. The highest BCUT2D eigenvalue weighted by Crippen LogP contribution is 2.18. The highest BCUT2D eigenvalue weighted by Gasteiger charge is 2.32. The number of benzene rings is 2. The molecule has 270 valence electrons. The molecular formula is C36H49N7O7. The molecule has 2 aromatic carbocycles. The number of nitrogens with one attached hydrogen (secondary N) is 4. The second-order valence-electron chi connectivity index (χ2n) is 12.4. The summed E-state index contributed by atoms with van der Waals surface area (Å²) in [6, 6.07) is 14.2. The van der Waals surface area contributed by atoms with E-state index in [1.807, 2.05) is 68.4 Å². The smallest absolute Gasteiger partial charge is 0.407 e. The number of hydrazine groups is 1. The minimum Gasteiger partial charge on any atom is -0.453 e. The van der Waals surface area contributed by atoms with E-state index in [2.05, 4.69) is 31.3 Å². The highest BCUT2D eigenvalue weighted by atomic mass is 16.5. The number of hydrogen-bond acceptors (Lipinski definition) is 10. The molecule has 5 N–H and O–H groups in total. The third-order valence-corrected chi connectivity index (χ3v) is 8.31. The molecule has 14 nitrogen and oxygen atoms in total. The summed E-state index contributed by atoms with van der Waals surface area (Å²) in [5.41, 5.74) is 6.10. The SMILES string of the molecule is CC[C@H](C)[C@H](NC(=O)OC)C(=O)NN(Cc1ccc(-c2cnccn2)cc1)CC(O)C(Cc1ccccc1)NC(=O)[C@@H](NC(=O)OC)C(C)C. The lowest BCUT2D eigenvalue weighted by Gasteiger charge is -2.33. The third kappa shape index (κ3) is 12.1. The summed E-state index contributed by atoms with van der Waals surface area (Å²) in [6.07, 6.45) is 3.00. The van der Waals surface area contributed by atoms with E-state index >= 15 is 0 Å². The van der Waals surface area contributed by atoms with Crippen LogP contribution < -0.4 is 21.4 Å². The van der Waals surface area contributed by atoms with Gasteiger partial charge in [0.2, 0.25) is 5.91 Å². The van der Waals surface area contributed by atoms with E-state index in [9.17, 15) is 24.3 Å². The lowest BCUT2D eigenvalue weighted by atomic mass is 9.98. The molecule has 1 heterocycles. The molecule has 0 spiro atoms. The van der Waals surface area contributed by atoms with E-state index < -0.39 is 48.2 Å². The first-order valence-corrected chi connectivity index (χ1v) is 16.6. The van der Waals surface area contributed by atoms with Crippen molar-refractivity contribution in [3.8, 4) is 11.3 Å². The number of carbonyl (C=O) groups is 4. The monoisotopic (exact) mass is 691 g/mol. The van der Waals surface area contributed by atoms with Crippen LogP contribution in [-0.4, -0.2) is 89.1 Å². The van der Waals surface area contributed by atoms with Gasteiger partial charge < -0.3 is 30.5 Å². The molecule has 2 unspecified atom stereocenters. The number of carbonyl (C=O) groups excluding carboxylic acids is 4. The van der Waals surface area contributed by atoms with E-state index in [0.29, 0.717) is 12.1 Å². The average Bonchev–Trinajstić information content (AvgIpc) is 3.12. The topological polar surface area (TPSA) is 184 Å². The number of methoxy groups -OCH3 is 2. The van der Waals surface area contributed by atoms with Gasteiger partial charge in [-0.1, -0.05) is 88.7 Å². The fourth-order valence-electron chi connectivity index (χ4n) is 5.21. The Morgan fingerprint density at radius 2 is 1.46 bits per heavy atom. The maximum absolute atomic E-state index is 13.7. The van der Waals surface area contributed by atoms with Crippen LogP contribution in [0.1, 0.15) is 45.2 Å². The normalized spacial score (nSPS) is 14.1. The Kier molecular flexibility index (Phi) is 15.6. The molecule has 4 amide bonds. The van der Waals surface area contributed by atoms with Gasteiger partial charge in [0.1, 0.15) is 12.1 Å². The number of aromatic nitrogens is 2. The van der Waals surface area contributed by atoms with Gasteiger partial charge in [-0.05, 0) is 29.4 Å². The average molecular weight is 692 g/mol. The largest absolute Gasteiger partial charge is 0.453 e. The van der Waals surface area contributed by atoms with E-state index in [0.717, 1.165) is 16.7 Å². The molecule has 14 heteroatoms. The Labute approximate surface area is 293 Å². The van der Waals surface area contributed by atoms with Gasteiger partial charge in [-0.2, -0.15) is 0 Å². The summed E-state index contributed by atoms with van der Waals surface area (Å²) in [7, 11) is 2.44. The number of hydrogen-bond donors (Lipinski definition) is 5. The zero-order chi connectivity index (χ0) is 36.6. The Bertz CT molecular complexity index is 1510. The molecule has 3 aromatic rings. The number of amides is 4. The first-order chi connectivity index (χ1) is 23.9. The first kappa shape index (κ1) is 39.4. The maximum Gasteiger partial charge on any atom is 0.407 e. The third-order valence-electron chi connectivity index (χ3n) is 8.31. The Morgan fingerprint density at radius 1 is 0.820 bits per heavy atom. The van der Waals surface area contributed by atoms with E-state index in [-0.39, 0.29) is 31.3 Å². The van der Waals surface area contributed by atoms with Crippen LogP contribution in [0, 0.1) is 11.8 Å². The zero-order valence-electron chi connectivity index (χ0n) is 29.5. The quantitative estimate of drug-likeness (QED) is 0.132. The maximum atomic E-state index is 13.7. The Hall–Kier alpha value is -5.08. The first-order valence-electron chi connectivity index (χ1n) is 16.6. The lowest BCUT2D eigenvalue weighted by Crippen LogP contribution is -2.59. The van der Waals surface area contributed by atoms with Crippen LogP contribution in [0.2, 0.25) is 0 Å². The fourth-order valence-corrected chi connectivity index (χ4v) is 5.21. The Balaban J connectivity index is 1.93. The lowest BCUT2D eigenvalue weighted by molar-refractivity contribution is -0.131. The van der Waals surface area contributed by atoms with E-state index in [4.69, 9.17) is 9.47 Å². The van der Waals surface area contributed by atoms with Crippen molar-refractivity contribution in [1.82, 2.24) is 36.4 Å². The van der Waals surface area contributed by atoms with Crippen LogP contribution in [-0.2, 0) is 32.0 Å². The van der Waals surface area contributed by atoms with Crippen molar-refractivity contribution in [2.75, 3.05) is 20.8 Å². The standard InChI is InChI=1S/C36H49N7O7/c1-7-24(4)32(41-36(48)50-6)34(46)42-43(21-26-13-15-27(16-14-26)29-20-37-17-18-38-29)22-30(44)28(19-25-11-9-8-10-12-25)39-33(45)31(23(2)3)40-35(47)49-5/h8-18,20,23-24,28,30-32,44H,7,19,21-22H2,1-6H3,(H,39,45)(H,40,47)(H,41,48)(H,42,46)/t24-,28?,30?,31-,32-/m0/s1. The van der Waals surface area contributed by atoms with Crippen molar-refractivity contribution in [3.05, 3.63) is 84.3 Å². The van der Waals surface area contributed by atoms with Crippen LogP contribution in [0.4, 0.5) is 9.59 Å². The number of nitrogens with zero attached hydrogens (tertiary/aromatic N) is 3. The number of aliphatic hydroxyl groups excluding tert-OH is 1. The fraction of sp³-hybridized carbons (Fsp3) is 0.444. The molecule has 1 aromatic heterocycles. The van der Waals surface area contributed by atoms with Crippen molar-refractivity contribution < 1.29 is 33.8 Å². The van der Waals surface area contributed by atoms with Crippen molar-refractivity contribution in [1.29, 1.82) is 0 Å². The van der Waals surface area contributed by atoms with Crippen LogP contribution >= 0.6 is 0 Å². The van der Waals surface area contributed by atoms with Crippen LogP contribution in [0.25, 0.3) is 11.3 Å². The molecule has 0 radical (unpaired) electrons. The predicted octanol–water partition coefficient (Wildman–Crippen LogP) is 3.22. The molecule has 0 saturated carbocycles. The van der Waals surface area contributed by atoms with Crippen molar-refractivity contribution in [2.45, 2.75) is 71.3 Å². The van der Waals surface area contributed by atoms with Crippen molar-refractivity contribution in [2.24, 2.45) is 11.8 Å². The van der Waals surface area contributed by atoms with Gasteiger partial charge in [-0.25, -0.2) is 14.6 Å². The minimum atomic E-state index is -1.21. The van der Waals surface area contributed by atoms with Crippen LogP contribution in [0.5, 0.6) is 0 Å². The van der Waals surface area contributed by atoms with Crippen LogP contribution in [0.3, 0.4) is 0 Å². The molecule has 0 aliphatic carbocycles. The molecule has 0 saturated heterocycles. The number of rotatable bonds is 17. The molecular weight excluding hydrogens is 642 g/mol. The van der Waals surface area contributed by atoms with E-state index in [1.165, 1.54) is 14.2 Å². The summed E-state index contributed by atoms with van der Waals surface area (Å²) in [5, 5.41) is 21.4. The van der Waals surface area contributed by atoms with Gasteiger partial charge in [0.25, 0.3) is 5.91 Å². The molecule has 0 aliphatic heterocycles. The zero-order valence-corrected chi connectivity index (χ0v) is 29.5. The van der Waals surface area contributed by atoms with Gasteiger partial charge in [0, 0.05) is 31.0 Å².